The molecule has 9 heteroatoms. The van der Waals surface area contributed by atoms with Crippen LogP contribution < -0.4 is 14.8 Å². The van der Waals surface area contributed by atoms with Crippen molar-refractivity contribution in [3.05, 3.63) is 50.8 Å². The molecular formula is C24H26N4O5. The van der Waals surface area contributed by atoms with Crippen molar-refractivity contribution in [1.82, 2.24) is 4.57 Å². The second-order valence-electron chi connectivity index (χ2n) is 8.38. The van der Waals surface area contributed by atoms with E-state index in [9.17, 15) is 20.2 Å². The minimum absolute atomic E-state index is 0.0527. The molecule has 33 heavy (non-hydrogen) atoms. The van der Waals surface area contributed by atoms with E-state index in [0.29, 0.717) is 18.4 Å². The Morgan fingerprint density at radius 3 is 2.48 bits per heavy atom. The first kappa shape index (κ1) is 22.4. The smallest absolute Gasteiger partial charge is 0.296 e. The first-order chi connectivity index (χ1) is 15.9. The molecule has 9 nitrogen and oxygen atoms in total. The molecule has 0 bridgehead atoms. The van der Waals surface area contributed by atoms with Gasteiger partial charge in [-0.15, -0.1) is 0 Å². The number of rotatable bonds is 5. The number of carbonyl (C=O) groups is 1. The summed E-state index contributed by atoms with van der Waals surface area (Å²) in [4.78, 5) is 23.8. The van der Waals surface area contributed by atoms with Gasteiger partial charge in [-0.3, -0.25) is 14.9 Å². The lowest BCUT2D eigenvalue weighted by Gasteiger charge is -2.26. The van der Waals surface area contributed by atoms with Crippen LogP contribution in [0.5, 0.6) is 11.5 Å². The highest BCUT2D eigenvalue weighted by atomic mass is 16.6. The predicted molar refractivity (Wildman–Crippen MR) is 122 cm³/mol. The Morgan fingerprint density at radius 2 is 1.85 bits per heavy atom. The van der Waals surface area contributed by atoms with E-state index >= 15 is 0 Å². The standard InChI is InChI=1S/C24H26N4O5/c1-15-10-17(16(2)27(15)19-6-4-3-5-7-19)11-18(14-25)24(29)26-20-12-22-23(33-9-8-32-22)13-21(20)28(30)31/h10-13,19H,3-9H2,1-2H3,(H,26,29)/b18-11+. The fraction of sp³-hybridized carbons (Fsp3) is 0.417. The zero-order chi connectivity index (χ0) is 23.5. The first-order valence-electron chi connectivity index (χ1n) is 11.1. The van der Waals surface area contributed by atoms with Crippen LogP contribution in [0.3, 0.4) is 0 Å². The number of nitrogens with zero attached hydrogens (tertiary/aromatic N) is 3. The molecule has 2 heterocycles. The van der Waals surface area contributed by atoms with Crippen molar-refractivity contribution in [3.63, 3.8) is 0 Å². The van der Waals surface area contributed by atoms with Crippen molar-refractivity contribution in [2.45, 2.75) is 52.0 Å². The molecule has 1 amide bonds. The minimum atomic E-state index is -0.722. The molecule has 0 spiro atoms. The van der Waals surface area contributed by atoms with Crippen molar-refractivity contribution in [2.75, 3.05) is 18.5 Å². The van der Waals surface area contributed by atoms with Crippen molar-refractivity contribution in [2.24, 2.45) is 0 Å². The number of aryl methyl sites for hydroxylation is 1. The number of ether oxygens (including phenoxy) is 2. The van der Waals surface area contributed by atoms with Gasteiger partial charge >= 0.3 is 0 Å². The molecule has 0 radical (unpaired) electrons. The Balaban J connectivity index is 1.62. The number of amides is 1. The monoisotopic (exact) mass is 450 g/mol. The molecule has 1 N–H and O–H groups in total. The van der Waals surface area contributed by atoms with Gasteiger partial charge in [-0.25, -0.2) is 0 Å². The normalized spacial score (nSPS) is 16.2. The molecule has 1 aromatic carbocycles. The zero-order valence-corrected chi connectivity index (χ0v) is 18.7. The van der Waals surface area contributed by atoms with Crippen LogP contribution in [-0.2, 0) is 4.79 Å². The van der Waals surface area contributed by atoms with E-state index < -0.39 is 10.8 Å². The summed E-state index contributed by atoms with van der Waals surface area (Å²) in [7, 11) is 0. The summed E-state index contributed by atoms with van der Waals surface area (Å²) in [5, 5.41) is 23.7. The number of nitro benzene ring substituents is 1. The number of nitriles is 1. The number of anilines is 1. The molecule has 172 valence electrons. The molecule has 4 rings (SSSR count). The van der Waals surface area contributed by atoms with E-state index in [2.05, 4.69) is 9.88 Å². The molecule has 2 aromatic rings. The Morgan fingerprint density at radius 1 is 1.18 bits per heavy atom. The van der Waals surface area contributed by atoms with Crippen LogP contribution in [0.4, 0.5) is 11.4 Å². The Kier molecular flexibility index (Phi) is 6.36. The molecule has 1 aliphatic heterocycles. The van der Waals surface area contributed by atoms with Crippen LogP contribution in [0.25, 0.3) is 6.08 Å². The average molecular weight is 450 g/mol. The summed E-state index contributed by atoms with van der Waals surface area (Å²) in [6.45, 7) is 4.62. The highest BCUT2D eigenvalue weighted by Crippen LogP contribution is 2.39. The summed E-state index contributed by atoms with van der Waals surface area (Å²) < 4.78 is 13.2. The van der Waals surface area contributed by atoms with E-state index in [4.69, 9.17) is 9.47 Å². The third-order valence-electron chi connectivity index (χ3n) is 6.23. The molecule has 0 saturated heterocycles. The summed E-state index contributed by atoms with van der Waals surface area (Å²) in [5.41, 5.74) is 2.36. The largest absolute Gasteiger partial charge is 0.486 e. The fourth-order valence-corrected chi connectivity index (χ4v) is 4.67. The highest BCUT2D eigenvalue weighted by molar-refractivity contribution is 6.10. The Labute approximate surface area is 191 Å². The van der Waals surface area contributed by atoms with Gasteiger partial charge in [0.1, 0.15) is 30.5 Å². The molecule has 1 aromatic heterocycles. The summed E-state index contributed by atoms with van der Waals surface area (Å²) in [5.74, 6) is -0.169. The summed E-state index contributed by atoms with van der Waals surface area (Å²) in [6, 6.07) is 6.91. The van der Waals surface area contributed by atoms with E-state index in [-0.39, 0.29) is 29.3 Å². The fourth-order valence-electron chi connectivity index (χ4n) is 4.67. The number of nitrogens with one attached hydrogen (secondary N) is 1. The van der Waals surface area contributed by atoms with Crippen LogP contribution in [0.15, 0.2) is 23.8 Å². The van der Waals surface area contributed by atoms with Crippen molar-refractivity contribution in [3.8, 4) is 17.6 Å². The summed E-state index contributed by atoms with van der Waals surface area (Å²) >= 11 is 0. The van der Waals surface area contributed by atoms with Gasteiger partial charge in [-0.1, -0.05) is 19.3 Å². The lowest BCUT2D eigenvalue weighted by molar-refractivity contribution is -0.384. The molecule has 0 atom stereocenters. The maximum absolute atomic E-state index is 12.9. The quantitative estimate of drug-likeness (QED) is 0.301. The second kappa shape index (κ2) is 9.36. The van der Waals surface area contributed by atoms with Gasteiger partial charge in [-0.2, -0.15) is 5.26 Å². The van der Waals surface area contributed by atoms with Crippen LogP contribution in [0.1, 0.15) is 55.1 Å². The van der Waals surface area contributed by atoms with Gasteiger partial charge in [0.05, 0.1) is 11.0 Å². The highest BCUT2D eigenvalue weighted by Gasteiger charge is 2.25. The lowest BCUT2D eigenvalue weighted by atomic mass is 9.95. The van der Waals surface area contributed by atoms with Gasteiger partial charge in [0.2, 0.25) is 0 Å². The predicted octanol–water partition coefficient (Wildman–Crippen LogP) is 4.84. The third kappa shape index (κ3) is 4.55. The zero-order valence-electron chi connectivity index (χ0n) is 18.7. The van der Waals surface area contributed by atoms with Gasteiger partial charge in [-0.05, 0) is 44.4 Å². The maximum Gasteiger partial charge on any atom is 0.296 e. The van der Waals surface area contributed by atoms with Gasteiger partial charge in [0.15, 0.2) is 11.5 Å². The molecule has 1 saturated carbocycles. The molecule has 1 aliphatic carbocycles. The van der Waals surface area contributed by atoms with Crippen LogP contribution in [-0.4, -0.2) is 28.6 Å². The van der Waals surface area contributed by atoms with Crippen LogP contribution in [0.2, 0.25) is 0 Å². The van der Waals surface area contributed by atoms with E-state index in [1.165, 1.54) is 31.4 Å². The number of hydrogen-bond donors (Lipinski definition) is 1. The molecule has 2 aliphatic rings. The average Bonchev–Trinajstić information content (AvgIpc) is 3.09. The summed E-state index contributed by atoms with van der Waals surface area (Å²) in [6.07, 6.45) is 7.45. The Bertz CT molecular complexity index is 1170. The molecular weight excluding hydrogens is 424 g/mol. The van der Waals surface area contributed by atoms with Gasteiger partial charge in [0, 0.05) is 23.5 Å². The number of nitro groups is 1. The van der Waals surface area contributed by atoms with Gasteiger partial charge in [0.25, 0.3) is 11.6 Å². The number of hydrogen-bond acceptors (Lipinski definition) is 6. The lowest BCUT2D eigenvalue weighted by Crippen LogP contribution is -2.18. The van der Waals surface area contributed by atoms with E-state index in [1.807, 2.05) is 26.0 Å². The van der Waals surface area contributed by atoms with Gasteiger partial charge < -0.3 is 19.4 Å². The Hall–Kier alpha value is -3.80. The van der Waals surface area contributed by atoms with Crippen molar-refractivity contribution < 1.29 is 19.2 Å². The molecule has 1 fully saturated rings. The third-order valence-corrected chi connectivity index (χ3v) is 6.23. The maximum atomic E-state index is 12.9. The second-order valence-corrected chi connectivity index (χ2v) is 8.38. The topological polar surface area (TPSA) is 119 Å². The number of aromatic nitrogens is 1. The number of fused-ring (bicyclic) bond motifs is 1. The van der Waals surface area contributed by atoms with Crippen molar-refractivity contribution in [1.29, 1.82) is 5.26 Å². The molecule has 0 unspecified atom stereocenters. The van der Waals surface area contributed by atoms with E-state index in [0.717, 1.165) is 29.8 Å². The van der Waals surface area contributed by atoms with Crippen LogP contribution in [0, 0.1) is 35.3 Å². The number of carbonyl (C=O) groups excluding carboxylic acids is 1. The number of benzene rings is 1. The minimum Gasteiger partial charge on any atom is -0.486 e. The van der Waals surface area contributed by atoms with E-state index in [1.54, 1.807) is 6.08 Å². The van der Waals surface area contributed by atoms with Crippen molar-refractivity contribution >= 4 is 23.4 Å². The first-order valence-corrected chi connectivity index (χ1v) is 11.1. The SMILES string of the molecule is Cc1cc(/C=C(\C#N)C(=O)Nc2cc3c(cc2[N+](=O)[O-])OCCO3)c(C)n1C1CCCCC1. The van der Waals surface area contributed by atoms with Crippen LogP contribution >= 0.6 is 0 Å².